The van der Waals surface area contributed by atoms with Gasteiger partial charge >= 0.3 is 0 Å². The van der Waals surface area contributed by atoms with Crippen LogP contribution in [0.4, 0.5) is 5.69 Å². The van der Waals surface area contributed by atoms with Gasteiger partial charge in [-0.3, -0.25) is 0 Å². The number of aryl methyl sites for hydroxylation is 1. The number of rotatable bonds is 2. The van der Waals surface area contributed by atoms with Gasteiger partial charge in [0.25, 0.3) is 0 Å². The van der Waals surface area contributed by atoms with Gasteiger partial charge in [0.15, 0.2) is 0 Å². The normalized spacial score (nSPS) is 9.64. The van der Waals surface area contributed by atoms with E-state index < -0.39 is 0 Å². The van der Waals surface area contributed by atoms with E-state index >= 15 is 0 Å². The molecule has 0 unspecified atom stereocenters. The molecule has 11 heavy (non-hydrogen) atoms. The fourth-order valence-corrected chi connectivity index (χ4v) is 1.13. The molecule has 2 N–H and O–H groups in total. The van der Waals surface area contributed by atoms with Gasteiger partial charge in [0, 0.05) is 0 Å². The molecule has 1 aromatic rings. The molecule has 0 amide bonds. The monoisotopic (exact) mass is 151 g/mol. The zero-order chi connectivity index (χ0) is 8.27. The van der Waals surface area contributed by atoms with Crippen LogP contribution in [0.5, 0.6) is 5.75 Å². The van der Waals surface area contributed by atoms with Crippen LogP contribution in [-0.2, 0) is 6.42 Å². The summed E-state index contributed by atoms with van der Waals surface area (Å²) in [6, 6.07) is 5.81. The Morgan fingerprint density at radius 1 is 1.45 bits per heavy atom. The van der Waals surface area contributed by atoms with Crippen molar-refractivity contribution in [2.45, 2.75) is 13.3 Å². The maximum Gasteiger partial charge on any atom is 0.144 e. The standard InChI is InChI=1S/C9H13NO/c1-3-7-5-4-6-8(10)9(7)11-2/h4-6H,3,10H2,1-2H3. The van der Waals surface area contributed by atoms with Crippen molar-refractivity contribution in [2.24, 2.45) is 0 Å². The molecule has 2 heteroatoms. The van der Waals surface area contributed by atoms with Crippen molar-refractivity contribution in [3.63, 3.8) is 0 Å². The van der Waals surface area contributed by atoms with Crippen molar-refractivity contribution in [1.29, 1.82) is 0 Å². The van der Waals surface area contributed by atoms with Gasteiger partial charge in [0.1, 0.15) is 5.75 Å². The second-order valence-electron chi connectivity index (χ2n) is 2.39. The van der Waals surface area contributed by atoms with Gasteiger partial charge in [-0.25, -0.2) is 0 Å². The summed E-state index contributed by atoms with van der Waals surface area (Å²) in [5, 5.41) is 0. The highest BCUT2D eigenvalue weighted by Crippen LogP contribution is 2.25. The van der Waals surface area contributed by atoms with Crippen molar-refractivity contribution in [1.82, 2.24) is 0 Å². The number of hydrogen-bond acceptors (Lipinski definition) is 2. The minimum atomic E-state index is 0.715. The zero-order valence-corrected chi connectivity index (χ0v) is 6.92. The van der Waals surface area contributed by atoms with Gasteiger partial charge in [-0.15, -0.1) is 0 Å². The first kappa shape index (κ1) is 7.92. The van der Waals surface area contributed by atoms with Gasteiger partial charge in [-0.2, -0.15) is 0 Å². The van der Waals surface area contributed by atoms with Crippen LogP contribution in [0, 0.1) is 0 Å². The fourth-order valence-electron chi connectivity index (χ4n) is 1.13. The van der Waals surface area contributed by atoms with Crippen LogP contribution < -0.4 is 10.5 Å². The molecule has 0 radical (unpaired) electrons. The Balaban J connectivity index is 3.13. The minimum Gasteiger partial charge on any atom is -0.494 e. The maximum absolute atomic E-state index is 5.68. The van der Waals surface area contributed by atoms with E-state index in [0.29, 0.717) is 5.69 Å². The van der Waals surface area contributed by atoms with Crippen LogP contribution in [0.3, 0.4) is 0 Å². The summed E-state index contributed by atoms with van der Waals surface area (Å²) in [6.07, 6.45) is 0.953. The highest BCUT2D eigenvalue weighted by Gasteiger charge is 2.02. The Labute approximate surface area is 67.0 Å². The van der Waals surface area contributed by atoms with Crippen molar-refractivity contribution < 1.29 is 4.74 Å². The lowest BCUT2D eigenvalue weighted by molar-refractivity contribution is 0.412. The molecule has 0 aliphatic heterocycles. The van der Waals surface area contributed by atoms with Crippen molar-refractivity contribution in [3.8, 4) is 5.75 Å². The van der Waals surface area contributed by atoms with Gasteiger partial charge < -0.3 is 10.5 Å². The van der Waals surface area contributed by atoms with Gasteiger partial charge in [-0.1, -0.05) is 19.1 Å². The summed E-state index contributed by atoms with van der Waals surface area (Å²) >= 11 is 0. The zero-order valence-electron chi connectivity index (χ0n) is 6.92. The number of ether oxygens (including phenoxy) is 1. The Bertz CT molecular complexity index is 245. The molecule has 0 saturated carbocycles. The summed E-state index contributed by atoms with van der Waals surface area (Å²) in [4.78, 5) is 0. The Morgan fingerprint density at radius 3 is 2.64 bits per heavy atom. The van der Waals surface area contributed by atoms with Gasteiger partial charge in [0.2, 0.25) is 0 Å². The average Bonchev–Trinajstić information content (AvgIpc) is 2.04. The predicted octanol–water partition coefficient (Wildman–Crippen LogP) is 1.84. The summed E-state index contributed by atoms with van der Waals surface area (Å²) < 4.78 is 5.14. The number of nitrogen functional groups attached to an aromatic ring is 1. The molecule has 0 atom stereocenters. The summed E-state index contributed by atoms with van der Waals surface area (Å²) in [5.74, 6) is 0.815. The van der Waals surface area contributed by atoms with Crippen LogP contribution in [0.15, 0.2) is 18.2 Å². The van der Waals surface area contributed by atoms with E-state index in [4.69, 9.17) is 10.5 Å². The summed E-state index contributed by atoms with van der Waals surface area (Å²) in [5.41, 5.74) is 7.56. The van der Waals surface area contributed by atoms with E-state index in [1.165, 1.54) is 0 Å². The second-order valence-corrected chi connectivity index (χ2v) is 2.39. The second kappa shape index (κ2) is 3.28. The predicted molar refractivity (Wildman–Crippen MR) is 46.8 cm³/mol. The lowest BCUT2D eigenvalue weighted by Gasteiger charge is -2.08. The molecular weight excluding hydrogens is 138 g/mol. The molecule has 0 aliphatic rings. The third kappa shape index (κ3) is 1.45. The Hall–Kier alpha value is -1.18. The molecule has 0 bridgehead atoms. The number of para-hydroxylation sites is 1. The molecule has 0 spiro atoms. The highest BCUT2D eigenvalue weighted by atomic mass is 16.5. The highest BCUT2D eigenvalue weighted by molar-refractivity contribution is 5.56. The van der Waals surface area contributed by atoms with E-state index in [2.05, 4.69) is 6.92 Å². The largest absolute Gasteiger partial charge is 0.494 e. The summed E-state index contributed by atoms with van der Waals surface area (Å²) in [6.45, 7) is 2.08. The molecular formula is C9H13NO. The van der Waals surface area contributed by atoms with E-state index in [1.807, 2.05) is 18.2 Å². The molecule has 0 fully saturated rings. The third-order valence-corrected chi connectivity index (χ3v) is 1.71. The molecule has 1 rings (SSSR count). The number of anilines is 1. The van der Waals surface area contributed by atoms with E-state index in [1.54, 1.807) is 7.11 Å². The lowest BCUT2D eigenvalue weighted by Crippen LogP contribution is -1.95. The van der Waals surface area contributed by atoms with Crippen LogP contribution in [-0.4, -0.2) is 7.11 Å². The number of methoxy groups -OCH3 is 1. The smallest absolute Gasteiger partial charge is 0.144 e. The Kier molecular flexibility index (Phi) is 2.36. The maximum atomic E-state index is 5.68. The Morgan fingerprint density at radius 2 is 2.18 bits per heavy atom. The van der Waals surface area contributed by atoms with E-state index in [-0.39, 0.29) is 0 Å². The van der Waals surface area contributed by atoms with Gasteiger partial charge in [0.05, 0.1) is 12.8 Å². The van der Waals surface area contributed by atoms with Crippen molar-refractivity contribution >= 4 is 5.69 Å². The molecule has 0 aliphatic carbocycles. The van der Waals surface area contributed by atoms with Crippen LogP contribution in [0.25, 0.3) is 0 Å². The quantitative estimate of drug-likeness (QED) is 0.654. The first-order valence-electron chi connectivity index (χ1n) is 3.71. The lowest BCUT2D eigenvalue weighted by atomic mass is 10.1. The number of nitrogens with two attached hydrogens (primary N) is 1. The first-order valence-corrected chi connectivity index (χ1v) is 3.71. The summed E-state index contributed by atoms with van der Waals surface area (Å²) in [7, 11) is 1.64. The first-order chi connectivity index (χ1) is 5.29. The van der Waals surface area contributed by atoms with E-state index in [0.717, 1.165) is 17.7 Å². The SMILES string of the molecule is CCc1cccc(N)c1OC. The molecule has 60 valence electrons. The van der Waals surface area contributed by atoms with Gasteiger partial charge in [-0.05, 0) is 18.1 Å². The van der Waals surface area contributed by atoms with Crippen LogP contribution in [0.2, 0.25) is 0 Å². The van der Waals surface area contributed by atoms with Crippen LogP contribution >= 0.6 is 0 Å². The number of hydrogen-bond donors (Lipinski definition) is 1. The van der Waals surface area contributed by atoms with Crippen LogP contribution in [0.1, 0.15) is 12.5 Å². The third-order valence-electron chi connectivity index (χ3n) is 1.71. The molecule has 0 heterocycles. The van der Waals surface area contributed by atoms with Crippen molar-refractivity contribution in [3.05, 3.63) is 23.8 Å². The molecule has 0 saturated heterocycles. The molecule has 0 aromatic heterocycles. The minimum absolute atomic E-state index is 0.715. The van der Waals surface area contributed by atoms with E-state index in [9.17, 15) is 0 Å². The number of benzene rings is 1. The van der Waals surface area contributed by atoms with Crippen molar-refractivity contribution in [2.75, 3.05) is 12.8 Å². The fraction of sp³-hybridized carbons (Fsp3) is 0.333. The molecule has 2 nitrogen and oxygen atoms in total. The molecule has 1 aromatic carbocycles. The average molecular weight is 151 g/mol. The topological polar surface area (TPSA) is 35.2 Å².